The molecule has 8 rings (SSSR count). The minimum absolute atomic E-state index is 1.10. The van der Waals surface area contributed by atoms with Gasteiger partial charge in [-0.25, -0.2) is 0 Å². The highest BCUT2D eigenvalue weighted by Crippen LogP contribution is 2.43. The molecule has 0 radical (unpaired) electrons. The minimum atomic E-state index is 1.10. The number of hydrogen-bond acceptors (Lipinski definition) is 1. The molecule has 1 nitrogen and oxygen atoms in total. The number of nitrogens with zero attached hydrogens (tertiary/aromatic N) is 1. The Morgan fingerprint density at radius 2 is 0.510 bits per heavy atom. The van der Waals surface area contributed by atoms with Crippen LogP contribution in [0.4, 0.5) is 17.1 Å². The minimum Gasteiger partial charge on any atom is -0.310 e. The molecule has 0 unspecified atom stereocenters. The van der Waals surface area contributed by atoms with Crippen LogP contribution in [0, 0.1) is 0 Å². The summed E-state index contributed by atoms with van der Waals surface area (Å²) in [5.41, 5.74) is 15.3. The number of anilines is 3. The molecule has 0 atom stereocenters. The zero-order valence-electron chi connectivity index (χ0n) is 27.2. The van der Waals surface area contributed by atoms with Gasteiger partial charge >= 0.3 is 0 Å². The Hall–Kier alpha value is -6.44. The van der Waals surface area contributed by atoms with Crippen molar-refractivity contribution in [1.29, 1.82) is 0 Å². The van der Waals surface area contributed by atoms with E-state index in [1.165, 1.54) is 55.6 Å². The van der Waals surface area contributed by atoms with Crippen LogP contribution in [0.3, 0.4) is 0 Å². The standard InChI is InChI=1S/C48H35N/c1-5-13-36(14-6-1)39-21-23-40(24-22-39)42-27-32-46(33-28-42)49(45-30-25-41(26-31-45)37-15-7-2-8-16-37)48-35-44(38-17-9-3-10-18-38)29-34-47(48)43-19-11-4-12-20-43/h1-35H. The van der Waals surface area contributed by atoms with Crippen LogP contribution in [-0.4, -0.2) is 0 Å². The molecule has 0 heterocycles. The van der Waals surface area contributed by atoms with Gasteiger partial charge in [-0.3, -0.25) is 0 Å². The second-order valence-corrected chi connectivity index (χ2v) is 12.2. The van der Waals surface area contributed by atoms with Crippen molar-refractivity contribution in [3.63, 3.8) is 0 Å². The van der Waals surface area contributed by atoms with Gasteiger partial charge in [-0.05, 0) is 80.4 Å². The van der Waals surface area contributed by atoms with E-state index in [0.717, 1.165) is 17.1 Å². The average Bonchev–Trinajstić information content (AvgIpc) is 3.20. The lowest BCUT2D eigenvalue weighted by Gasteiger charge is -2.29. The molecule has 8 aromatic rings. The van der Waals surface area contributed by atoms with Crippen LogP contribution in [0.5, 0.6) is 0 Å². The van der Waals surface area contributed by atoms with Crippen molar-refractivity contribution in [2.24, 2.45) is 0 Å². The second kappa shape index (κ2) is 13.7. The molecular formula is C48H35N. The Balaban J connectivity index is 1.24. The molecule has 0 aliphatic carbocycles. The Kier molecular flexibility index (Phi) is 8.39. The SMILES string of the molecule is c1ccc(-c2ccc(-c3ccc(N(c4ccc(-c5ccccc5)cc4)c4cc(-c5ccccc5)ccc4-c4ccccc4)cc3)cc2)cc1. The third-order valence-corrected chi connectivity index (χ3v) is 9.11. The monoisotopic (exact) mass is 625 g/mol. The molecule has 1 heteroatoms. The van der Waals surface area contributed by atoms with E-state index in [1.807, 2.05) is 0 Å². The Morgan fingerprint density at radius 1 is 0.224 bits per heavy atom. The van der Waals surface area contributed by atoms with Gasteiger partial charge < -0.3 is 4.90 Å². The quantitative estimate of drug-likeness (QED) is 0.162. The topological polar surface area (TPSA) is 3.24 Å². The summed E-state index contributed by atoms with van der Waals surface area (Å²) in [6, 6.07) is 76.0. The summed E-state index contributed by atoms with van der Waals surface area (Å²) < 4.78 is 0. The smallest absolute Gasteiger partial charge is 0.0546 e. The van der Waals surface area contributed by atoms with Gasteiger partial charge in [0.1, 0.15) is 0 Å². The maximum Gasteiger partial charge on any atom is 0.0546 e. The molecule has 232 valence electrons. The van der Waals surface area contributed by atoms with Crippen molar-refractivity contribution < 1.29 is 0 Å². The summed E-state index contributed by atoms with van der Waals surface area (Å²) in [5, 5.41) is 0. The van der Waals surface area contributed by atoms with Crippen LogP contribution in [0.1, 0.15) is 0 Å². The zero-order valence-corrected chi connectivity index (χ0v) is 27.2. The van der Waals surface area contributed by atoms with Crippen LogP contribution in [0.25, 0.3) is 55.6 Å². The Bertz CT molecular complexity index is 2260. The third-order valence-electron chi connectivity index (χ3n) is 9.11. The molecule has 0 aliphatic heterocycles. The van der Waals surface area contributed by atoms with Crippen molar-refractivity contribution in [2.75, 3.05) is 4.90 Å². The number of rotatable bonds is 8. The molecule has 0 fully saturated rings. The van der Waals surface area contributed by atoms with Gasteiger partial charge in [0.15, 0.2) is 0 Å². The van der Waals surface area contributed by atoms with E-state index >= 15 is 0 Å². The average molecular weight is 626 g/mol. The van der Waals surface area contributed by atoms with E-state index in [0.29, 0.717) is 0 Å². The third kappa shape index (κ3) is 6.43. The summed E-state index contributed by atoms with van der Waals surface area (Å²) in [5.74, 6) is 0. The largest absolute Gasteiger partial charge is 0.310 e. The predicted molar refractivity (Wildman–Crippen MR) is 208 cm³/mol. The van der Waals surface area contributed by atoms with Crippen LogP contribution in [0.15, 0.2) is 212 Å². The van der Waals surface area contributed by atoms with Gasteiger partial charge in [0.05, 0.1) is 5.69 Å². The fraction of sp³-hybridized carbons (Fsp3) is 0. The fourth-order valence-corrected chi connectivity index (χ4v) is 6.54. The van der Waals surface area contributed by atoms with E-state index in [9.17, 15) is 0 Å². The molecule has 8 aromatic carbocycles. The lowest BCUT2D eigenvalue weighted by molar-refractivity contribution is 1.28. The van der Waals surface area contributed by atoms with Gasteiger partial charge in [-0.2, -0.15) is 0 Å². The molecule has 0 spiro atoms. The lowest BCUT2D eigenvalue weighted by Crippen LogP contribution is -2.11. The van der Waals surface area contributed by atoms with E-state index in [4.69, 9.17) is 0 Å². The molecule has 0 amide bonds. The number of benzene rings is 8. The van der Waals surface area contributed by atoms with E-state index < -0.39 is 0 Å². The van der Waals surface area contributed by atoms with Crippen molar-refractivity contribution in [2.45, 2.75) is 0 Å². The summed E-state index contributed by atoms with van der Waals surface area (Å²) in [7, 11) is 0. The highest BCUT2D eigenvalue weighted by molar-refractivity contribution is 5.91. The van der Waals surface area contributed by atoms with Gasteiger partial charge in [0.25, 0.3) is 0 Å². The summed E-state index contributed by atoms with van der Waals surface area (Å²) in [4.78, 5) is 2.39. The summed E-state index contributed by atoms with van der Waals surface area (Å²) in [6.07, 6.45) is 0. The van der Waals surface area contributed by atoms with Crippen molar-refractivity contribution >= 4 is 17.1 Å². The number of hydrogen-bond donors (Lipinski definition) is 0. The van der Waals surface area contributed by atoms with Crippen molar-refractivity contribution in [3.8, 4) is 55.6 Å². The molecule has 0 aliphatic rings. The highest BCUT2D eigenvalue weighted by atomic mass is 15.1. The first kappa shape index (κ1) is 29.9. The van der Waals surface area contributed by atoms with Gasteiger partial charge in [-0.1, -0.05) is 182 Å². The Labute approximate surface area is 289 Å². The lowest BCUT2D eigenvalue weighted by atomic mass is 9.96. The Morgan fingerprint density at radius 3 is 0.898 bits per heavy atom. The zero-order chi connectivity index (χ0) is 32.8. The normalized spacial score (nSPS) is 10.9. The van der Waals surface area contributed by atoms with E-state index in [1.54, 1.807) is 0 Å². The fourth-order valence-electron chi connectivity index (χ4n) is 6.54. The molecule has 0 aromatic heterocycles. The van der Waals surface area contributed by atoms with Crippen molar-refractivity contribution in [3.05, 3.63) is 212 Å². The maximum atomic E-state index is 2.39. The van der Waals surface area contributed by atoms with Crippen LogP contribution in [-0.2, 0) is 0 Å². The predicted octanol–water partition coefficient (Wildman–Crippen LogP) is 13.5. The van der Waals surface area contributed by atoms with Gasteiger partial charge in [0, 0.05) is 16.9 Å². The van der Waals surface area contributed by atoms with Crippen LogP contribution in [0.2, 0.25) is 0 Å². The van der Waals surface area contributed by atoms with Crippen molar-refractivity contribution in [1.82, 2.24) is 0 Å². The van der Waals surface area contributed by atoms with Crippen LogP contribution < -0.4 is 4.90 Å². The highest BCUT2D eigenvalue weighted by Gasteiger charge is 2.19. The first-order valence-corrected chi connectivity index (χ1v) is 16.8. The molecule has 0 saturated carbocycles. The first-order valence-electron chi connectivity index (χ1n) is 16.8. The molecule has 0 saturated heterocycles. The molecular weight excluding hydrogens is 591 g/mol. The summed E-state index contributed by atoms with van der Waals surface area (Å²) in [6.45, 7) is 0. The molecule has 0 N–H and O–H groups in total. The van der Waals surface area contributed by atoms with E-state index in [-0.39, 0.29) is 0 Å². The molecule has 49 heavy (non-hydrogen) atoms. The maximum absolute atomic E-state index is 2.39. The van der Waals surface area contributed by atoms with Gasteiger partial charge in [-0.15, -0.1) is 0 Å². The van der Waals surface area contributed by atoms with E-state index in [2.05, 4.69) is 217 Å². The van der Waals surface area contributed by atoms with Crippen LogP contribution >= 0.6 is 0 Å². The second-order valence-electron chi connectivity index (χ2n) is 12.2. The molecule has 0 bridgehead atoms. The first-order chi connectivity index (χ1) is 24.3. The van der Waals surface area contributed by atoms with Gasteiger partial charge in [0.2, 0.25) is 0 Å². The summed E-state index contributed by atoms with van der Waals surface area (Å²) >= 11 is 0.